The summed E-state index contributed by atoms with van der Waals surface area (Å²) in [7, 11) is 0. The fourth-order valence-electron chi connectivity index (χ4n) is 10.6. The molecule has 36 heavy (non-hydrogen) atoms. The zero-order valence-electron chi connectivity index (χ0n) is 24.6. The van der Waals surface area contributed by atoms with Crippen molar-refractivity contribution in [3.05, 3.63) is 11.6 Å². The number of aliphatic hydroxyl groups is 2. The third-order valence-corrected chi connectivity index (χ3v) is 12.7. The van der Waals surface area contributed by atoms with E-state index in [1.165, 1.54) is 5.57 Å². The van der Waals surface area contributed by atoms with Gasteiger partial charge in [0.1, 0.15) is 6.10 Å². The number of ether oxygens (including phenoxy) is 1. The molecular weight excluding hydrogens is 448 g/mol. The number of hydrogen-bond acceptors (Lipinski definition) is 4. The summed E-state index contributed by atoms with van der Waals surface area (Å²) in [5.74, 6) is 1.01. The van der Waals surface area contributed by atoms with Crippen LogP contribution in [0.3, 0.4) is 0 Å². The Hall–Kier alpha value is -0.870. The lowest BCUT2D eigenvalue weighted by molar-refractivity contribution is -0.250. The summed E-state index contributed by atoms with van der Waals surface area (Å²) in [6, 6.07) is 0. The number of carbonyl (C=O) groups is 1. The van der Waals surface area contributed by atoms with Crippen LogP contribution in [0.2, 0.25) is 0 Å². The number of carbonyl (C=O) groups excluding carboxylic acids is 1. The first-order valence-electron chi connectivity index (χ1n) is 14.7. The molecule has 206 valence electrons. The maximum absolute atomic E-state index is 12.4. The van der Waals surface area contributed by atoms with Crippen LogP contribution in [-0.4, -0.2) is 34.0 Å². The largest absolute Gasteiger partial charge is 0.462 e. The van der Waals surface area contributed by atoms with E-state index >= 15 is 0 Å². The molecule has 0 aromatic carbocycles. The molecule has 4 aliphatic carbocycles. The van der Waals surface area contributed by atoms with Gasteiger partial charge in [-0.05, 0) is 118 Å². The molecule has 4 fully saturated rings. The smallest absolute Gasteiger partial charge is 0.302 e. The van der Waals surface area contributed by atoms with Crippen molar-refractivity contribution < 1.29 is 19.7 Å². The first-order chi connectivity index (χ1) is 16.5. The molecule has 0 aromatic heterocycles. The van der Waals surface area contributed by atoms with E-state index in [0.717, 1.165) is 57.8 Å². The molecule has 0 amide bonds. The maximum Gasteiger partial charge on any atom is 0.302 e. The zero-order chi connectivity index (χ0) is 26.9. The van der Waals surface area contributed by atoms with Crippen LogP contribution in [0.25, 0.3) is 0 Å². The molecule has 0 aliphatic heterocycles. The Morgan fingerprint density at radius 1 is 0.972 bits per heavy atom. The lowest BCUT2D eigenvalue weighted by atomic mass is 9.35. The van der Waals surface area contributed by atoms with E-state index < -0.39 is 5.60 Å². The highest BCUT2D eigenvalue weighted by Gasteiger charge is 2.71. The van der Waals surface area contributed by atoms with Crippen LogP contribution in [0.15, 0.2) is 11.6 Å². The Balaban J connectivity index is 1.74. The second-order valence-corrected chi connectivity index (χ2v) is 15.1. The van der Waals surface area contributed by atoms with Crippen LogP contribution < -0.4 is 0 Å². The predicted molar refractivity (Wildman–Crippen MR) is 145 cm³/mol. The van der Waals surface area contributed by atoms with Crippen LogP contribution >= 0.6 is 0 Å². The molecule has 9 unspecified atom stereocenters. The molecule has 4 nitrogen and oxygen atoms in total. The average Bonchev–Trinajstić information content (AvgIpc) is 3.12. The summed E-state index contributed by atoms with van der Waals surface area (Å²) in [5.41, 5.74) is 0.659. The molecule has 0 aromatic rings. The minimum Gasteiger partial charge on any atom is -0.462 e. The summed E-state index contributed by atoms with van der Waals surface area (Å²) in [4.78, 5) is 12.4. The highest BCUT2D eigenvalue weighted by molar-refractivity contribution is 5.66. The third kappa shape index (κ3) is 4.12. The Kier molecular flexibility index (Phi) is 7.12. The van der Waals surface area contributed by atoms with Crippen LogP contribution in [-0.2, 0) is 9.53 Å². The van der Waals surface area contributed by atoms with Gasteiger partial charge in [0.2, 0.25) is 0 Å². The van der Waals surface area contributed by atoms with Gasteiger partial charge in [-0.3, -0.25) is 4.79 Å². The summed E-state index contributed by atoms with van der Waals surface area (Å²) >= 11 is 0. The fraction of sp³-hybridized carbons (Fsp3) is 0.906. The lowest BCUT2D eigenvalue weighted by Crippen LogP contribution is -2.67. The Labute approximate surface area is 220 Å². The van der Waals surface area contributed by atoms with Gasteiger partial charge < -0.3 is 14.9 Å². The molecule has 4 saturated carbocycles. The van der Waals surface area contributed by atoms with Crippen molar-refractivity contribution in [2.75, 3.05) is 0 Å². The van der Waals surface area contributed by atoms with Gasteiger partial charge in [-0.25, -0.2) is 0 Å². The van der Waals surface area contributed by atoms with Crippen molar-refractivity contribution in [3.8, 4) is 0 Å². The quantitative estimate of drug-likeness (QED) is 0.312. The number of allylic oxidation sites excluding steroid dienone is 2. The molecular formula is C32H54O4. The number of aliphatic hydroxyl groups excluding tert-OH is 1. The molecule has 0 spiro atoms. The second-order valence-electron chi connectivity index (χ2n) is 15.1. The first kappa shape index (κ1) is 28.1. The second kappa shape index (κ2) is 9.11. The number of hydrogen-bond donors (Lipinski definition) is 2. The molecule has 10 atom stereocenters. The molecule has 2 N–H and O–H groups in total. The van der Waals surface area contributed by atoms with E-state index in [2.05, 4.69) is 54.5 Å². The van der Waals surface area contributed by atoms with Gasteiger partial charge in [0.15, 0.2) is 0 Å². The molecule has 0 heterocycles. The van der Waals surface area contributed by atoms with Gasteiger partial charge in [-0.15, -0.1) is 0 Å². The molecule has 4 heteroatoms. The summed E-state index contributed by atoms with van der Waals surface area (Å²) in [5, 5.41) is 22.8. The summed E-state index contributed by atoms with van der Waals surface area (Å²) in [6.07, 6.45) is 10.6. The molecule has 0 radical (unpaired) electrons. The molecule has 4 aliphatic rings. The summed E-state index contributed by atoms with van der Waals surface area (Å²) < 4.78 is 6.22. The van der Waals surface area contributed by atoms with E-state index in [4.69, 9.17) is 4.74 Å². The normalized spacial score (nSPS) is 47.1. The van der Waals surface area contributed by atoms with E-state index in [9.17, 15) is 15.0 Å². The van der Waals surface area contributed by atoms with Gasteiger partial charge in [-0.2, -0.15) is 0 Å². The summed E-state index contributed by atoms with van der Waals surface area (Å²) in [6.45, 7) is 19.9. The standard InChI is InChI=1S/C32H54O4/c1-20(2)11-10-15-32(9,35)22-12-17-31(8)27(22)23(36-21(3)33)19-25-29(6)16-14-26(34)28(4,5)24(29)13-18-30(25,31)7/h11,22-27,34-35H,10,12-19H2,1-9H3/t22?,23?,24?,25?,26-,27?,29?,30?,31?,32?/m0/s1. The Morgan fingerprint density at radius 2 is 1.61 bits per heavy atom. The van der Waals surface area contributed by atoms with Gasteiger partial charge in [-0.1, -0.05) is 46.3 Å². The lowest BCUT2D eigenvalue weighted by Gasteiger charge is -2.70. The van der Waals surface area contributed by atoms with Gasteiger partial charge in [0.25, 0.3) is 0 Å². The molecule has 4 rings (SSSR count). The molecule has 0 saturated heterocycles. The minimum atomic E-state index is -0.784. The van der Waals surface area contributed by atoms with Crippen molar-refractivity contribution in [2.24, 2.45) is 45.3 Å². The highest BCUT2D eigenvalue weighted by atomic mass is 16.5. The maximum atomic E-state index is 12.4. The topological polar surface area (TPSA) is 66.8 Å². The minimum absolute atomic E-state index is 0.00931. The van der Waals surface area contributed by atoms with Crippen molar-refractivity contribution in [1.29, 1.82) is 0 Å². The third-order valence-electron chi connectivity index (χ3n) is 12.7. The van der Waals surface area contributed by atoms with Crippen molar-refractivity contribution in [3.63, 3.8) is 0 Å². The number of fused-ring (bicyclic) bond motifs is 5. The van der Waals surface area contributed by atoms with E-state index in [0.29, 0.717) is 11.8 Å². The van der Waals surface area contributed by atoms with Crippen molar-refractivity contribution >= 4 is 5.97 Å². The fourth-order valence-corrected chi connectivity index (χ4v) is 10.6. The Bertz CT molecular complexity index is 885. The monoisotopic (exact) mass is 502 g/mol. The average molecular weight is 503 g/mol. The van der Waals surface area contributed by atoms with E-state index in [1.807, 2.05) is 6.92 Å². The number of esters is 1. The van der Waals surface area contributed by atoms with Gasteiger partial charge in [0, 0.05) is 12.8 Å². The van der Waals surface area contributed by atoms with E-state index in [1.54, 1.807) is 6.92 Å². The SMILES string of the molecule is CC(=O)OC1CC2C3(C)CC[C@H](O)C(C)(C)C3CCC2(C)C2(C)CCC(C(C)(O)CCC=C(C)C)C12. The highest BCUT2D eigenvalue weighted by Crippen LogP contribution is 2.76. The molecule has 0 bridgehead atoms. The first-order valence-corrected chi connectivity index (χ1v) is 14.7. The van der Waals surface area contributed by atoms with Gasteiger partial charge >= 0.3 is 5.97 Å². The predicted octanol–water partition coefficient (Wildman–Crippen LogP) is 7.07. The van der Waals surface area contributed by atoms with Crippen LogP contribution in [0.1, 0.15) is 120 Å². The zero-order valence-corrected chi connectivity index (χ0v) is 24.6. The Morgan fingerprint density at radius 3 is 2.22 bits per heavy atom. The number of rotatable bonds is 5. The van der Waals surface area contributed by atoms with Crippen LogP contribution in [0, 0.1) is 45.3 Å². The van der Waals surface area contributed by atoms with Crippen LogP contribution in [0.4, 0.5) is 0 Å². The van der Waals surface area contributed by atoms with Gasteiger partial charge in [0.05, 0.1) is 11.7 Å². The van der Waals surface area contributed by atoms with Crippen LogP contribution in [0.5, 0.6) is 0 Å². The van der Waals surface area contributed by atoms with Crippen molar-refractivity contribution in [2.45, 2.75) is 138 Å². The van der Waals surface area contributed by atoms with Crippen molar-refractivity contribution in [1.82, 2.24) is 0 Å². The van der Waals surface area contributed by atoms with E-state index in [-0.39, 0.29) is 51.7 Å².